The number of aromatic amines is 1. The molecular weight excluding hydrogens is 322 g/mol. The molecule has 1 N–H and O–H groups in total. The highest BCUT2D eigenvalue weighted by atomic mass is 16.2. The van der Waals surface area contributed by atoms with Crippen LogP contribution in [-0.2, 0) is 13.6 Å². The maximum Gasteiger partial charge on any atom is 0.329 e. The number of hydrogen-bond acceptors (Lipinski definition) is 5. The molecule has 0 atom stereocenters. The molecule has 2 aromatic rings. The second-order valence-corrected chi connectivity index (χ2v) is 6.70. The van der Waals surface area contributed by atoms with E-state index < -0.39 is 5.69 Å². The lowest BCUT2D eigenvalue weighted by atomic mass is 9.96. The first kappa shape index (κ1) is 17.2. The Morgan fingerprint density at radius 3 is 2.52 bits per heavy atom. The summed E-state index contributed by atoms with van der Waals surface area (Å²) in [6, 6.07) is 1.46. The van der Waals surface area contributed by atoms with Crippen molar-refractivity contribution in [2.75, 3.05) is 18.0 Å². The molecule has 8 nitrogen and oxygen atoms in total. The average molecular weight is 345 g/mol. The van der Waals surface area contributed by atoms with Crippen LogP contribution in [0.5, 0.6) is 0 Å². The topological polar surface area (TPSA) is 93.0 Å². The number of piperidine rings is 1. The molecular formula is C17H23N5O3. The highest BCUT2D eigenvalue weighted by Crippen LogP contribution is 2.21. The number of nitrogens with one attached hydrogen (secondary N) is 1. The predicted molar refractivity (Wildman–Crippen MR) is 95.2 cm³/mol. The van der Waals surface area contributed by atoms with Crippen molar-refractivity contribution in [3.63, 3.8) is 0 Å². The van der Waals surface area contributed by atoms with Gasteiger partial charge in [0.05, 0.1) is 6.33 Å². The highest BCUT2D eigenvalue weighted by molar-refractivity contribution is 5.37. The summed E-state index contributed by atoms with van der Waals surface area (Å²) in [5.74, 6) is 0.938. The molecule has 1 aliphatic heterocycles. The van der Waals surface area contributed by atoms with Gasteiger partial charge < -0.3 is 4.90 Å². The van der Waals surface area contributed by atoms with Gasteiger partial charge in [-0.05, 0) is 32.6 Å². The van der Waals surface area contributed by atoms with Gasteiger partial charge in [-0.15, -0.1) is 0 Å². The van der Waals surface area contributed by atoms with Crippen LogP contribution in [0, 0.1) is 19.8 Å². The molecule has 0 saturated carbocycles. The molecule has 3 heterocycles. The van der Waals surface area contributed by atoms with Gasteiger partial charge in [-0.2, -0.15) is 0 Å². The summed E-state index contributed by atoms with van der Waals surface area (Å²) >= 11 is 0. The van der Waals surface area contributed by atoms with E-state index in [-0.39, 0.29) is 11.1 Å². The fourth-order valence-electron chi connectivity index (χ4n) is 3.15. The van der Waals surface area contributed by atoms with Crippen LogP contribution in [0.4, 0.5) is 5.82 Å². The van der Waals surface area contributed by atoms with Crippen LogP contribution in [-0.4, -0.2) is 32.2 Å². The number of aryl methyl sites for hydroxylation is 1. The molecule has 0 amide bonds. The lowest BCUT2D eigenvalue weighted by Gasteiger charge is -2.33. The minimum atomic E-state index is -0.405. The molecule has 25 heavy (non-hydrogen) atoms. The maximum absolute atomic E-state index is 12.3. The summed E-state index contributed by atoms with van der Waals surface area (Å²) in [4.78, 5) is 44.8. The summed E-state index contributed by atoms with van der Waals surface area (Å²) in [7, 11) is 1.45. The largest absolute Gasteiger partial charge is 0.358 e. The molecule has 1 fully saturated rings. The minimum absolute atomic E-state index is 0.0193. The zero-order chi connectivity index (χ0) is 18.1. The Bertz CT molecular complexity index is 917. The van der Waals surface area contributed by atoms with Gasteiger partial charge in [0.25, 0.3) is 11.1 Å². The van der Waals surface area contributed by atoms with E-state index in [1.807, 2.05) is 11.8 Å². The molecule has 8 heteroatoms. The van der Waals surface area contributed by atoms with E-state index in [2.05, 4.69) is 9.97 Å². The quantitative estimate of drug-likeness (QED) is 0.856. The molecule has 0 aliphatic carbocycles. The zero-order valence-corrected chi connectivity index (χ0v) is 14.8. The Hall–Kier alpha value is -2.64. The van der Waals surface area contributed by atoms with E-state index in [4.69, 9.17) is 0 Å². The van der Waals surface area contributed by atoms with Gasteiger partial charge in [-0.25, -0.2) is 9.78 Å². The monoisotopic (exact) mass is 345 g/mol. The van der Waals surface area contributed by atoms with Gasteiger partial charge in [0.1, 0.15) is 5.82 Å². The first-order valence-corrected chi connectivity index (χ1v) is 8.44. The van der Waals surface area contributed by atoms with Gasteiger partial charge in [0, 0.05) is 44.0 Å². The van der Waals surface area contributed by atoms with Gasteiger partial charge >= 0.3 is 5.69 Å². The second-order valence-electron chi connectivity index (χ2n) is 6.70. The van der Waals surface area contributed by atoms with Gasteiger partial charge in [0.15, 0.2) is 0 Å². The molecule has 1 saturated heterocycles. The summed E-state index contributed by atoms with van der Waals surface area (Å²) in [6.07, 6.45) is 3.39. The molecule has 0 unspecified atom stereocenters. The molecule has 2 aromatic heterocycles. The van der Waals surface area contributed by atoms with Crippen molar-refractivity contribution in [2.24, 2.45) is 13.0 Å². The third-order valence-electron chi connectivity index (χ3n) is 5.06. The Morgan fingerprint density at radius 1 is 1.20 bits per heavy atom. The third-order valence-corrected chi connectivity index (χ3v) is 5.06. The molecule has 0 aromatic carbocycles. The molecule has 0 bridgehead atoms. The lowest BCUT2D eigenvalue weighted by Crippen LogP contribution is -2.40. The zero-order valence-electron chi connectivity index (χ0n) is 14.8. The van der Waals surface area contributed by atoms with Crippen molar-refractivity contribution in [3.05, 3.63) is 54.8 Å². The van der Waals surface area contributed by atoms with E-state index in [0.29, 0.717) is 23.8 Å². The normalized spacial score (nSPS) is 15.6. The van der Waals surface area contributed by atoms with Gasteiger partial charge in [-0.3, -0.25) is 23.7 Å². The Labute approximate surface area is 144 Å². The number of hydrogen-bond donors (Lipinski definition) is 1. The van der Waals surface area contributed by atoms with Crippen LogP contribution < -0.4 is 21.7 Å². The Morgan fingerprint density at radius 2 is 1.88 bits per heavy atom. The summed E-state index contributed by atoms with van der Waals surface area (Å²) in [5, 5.41) is 0. The number of nitrogens with zero attached hydrogens (tertiary/aromatic N) is 4. The van der Waals surface area contributed by atoms with E-state index in [1.165, 1.54) is 13.1 Å². The molecule has 1 aliphatic rings. The molecule has 134 valence electrons. The lowest BCUT2D eigenvalue weighted by molar-refractivity contribution is 0.349. The van der Waals surface area contributed by atoms with Gasteiger partial charge in [0.2, 0.25) is 0 Å². The SMILES string of the molecule is Cc1ncn(CC2CCN(c3cc(=O)n(C)c(=O)[nH]3)CC2)c(=O)c1C. The first-order chi connectivity index (χ1) is 11.9. The summed E-state index contributed by atoms with van der Waals surface area (Å²) in [6.45, 7) is 5.76. The number of aromatic nitrogens is 4. The van der Waals surface area contributed by atoms with Crippen molar-refractivity contribution in [1.29, 1.82) is 0 Å². The van der Waals surface area contributed by atoms with Crippen LogP contribution in [0.2, 0.25) is 0 Å². The van der Waals surface area contributed by atoms with Crippen molar-refractivity contribution >= 4 is 5.82 Å². The first-order valence-electron chi connectivity index (χ1n) is 8.44. The van der Waals surface area contributed by atoms with E-state index in [0.717, 1.165) is 36.2 Å². The van der Waals surface area contributed by atoms with Gasteiger partial charge in [-0.1, -0.05) is 0 Å². The average Bonchev–Trinajstić information content (AvgIpc) is 2.60. The Kier molecular flexibility index (Phi) is 4.61. The number of anilines is 1. The number of rotatable bonds is 3. The standard InChI is InChI=1S/C17H23N5O3/c1-11-12(2)18-10-22(16(11)24)9-13-4-6-21(7-5-13)14-8-15(23)20(3)17(25)19-14/h8,10,13H,4-7,9H2,1-3H3,(H,19,25). The minimum Gasteiger partial charge on any atom is -0.358 e. The maximum atomic E-state index is 12.3. The van der Waals surface area contributed by atoms with Crippen LogP contribution in [0.15, 0.2) is 26.8 Å². The Balaban J connectivity index is 1.69. The molecule has 0 spiro atoms. The van der Waals surface area contributed by atoms with Crippen molar-refractivity contribution < 1.29 is 0 Å². The molecule has 0 radical (unpaired) electrons. The van der Waals surface area contributed by atoms with Crippen LogP contribution in [0.1, 0.15) is 24.1 Å². The smallest absolute Gasteiger partial charge is 0.329 e. The van der Waals surface area contributed by atoms with Crippen LogP contribution >= 0.6 is 0 Å². The predicted octanol–water partition coefficient (Wildman–Crippen LogP) is 0.164. The fourth-order valence-corrected chi connectivity index (χ4v) is 3.15. The van der Waals surface area contributed by atoms with Crippen molar-refractivity contribution in [2.45, 2.75) is 33.2 Å². The molecule has 3 rings (SSSR count). The van der Waals surface area contributed by atoms with E-state index >= 15 is 0 Å². The highest BCUT2D eigenvalue weighted by Gasteiger charge is 2.21. The summed E-state index contributed by atoms with van der Waals surface area (Å²) < 4.78 is 2.73. The van der Waals surface area contributed by atoms with Crippen LogP contribution in [0.3, 0.4) is 0 Å². The van der Waals surface area contributed by atoms with Crippen molar-refractivity contribution in [3.8, 4) is 0 Å². The second kappa shape index (κ2) is 6.70. The van der Waals surface area contributed by atoms with Crippen molar-refractivity contribution in [1.82, 2.24) is 19.1 Å². The van der Waals surface area contributed by atoms with Crippen LogP contribution in [0.25, 0.3) is 0 Å². The third kappa shape index (κ3) is 3.42. The number of H-pyrrole nitrogens is 1. The van der Waals surface area contributed by atoms with E-state index in [1.54, 1.807) is 17.8 Å². The summed E-state index contributed by atoms with van der Waals surface area (Å²) in [5.41, 5.74) is 0.764. The van der Waals surface area contributed by atoms with E-state index in [9.17, 15) is 14.4 Å². The fraction of sp³-hybridized carbons (Fsp3) is 0.529.